The Hall–Kier alpha value is -2.32. The van der Waals surface area contributed by atoms with Gasteiger partial charge in [0, 0.05) is 48.7 Å². The average Bonchev–Trinajstić information content (AvgIpc) is 3.27. The summed E-state index contributed by atoms with van der Waals surface area (Å²) in [6, 6.07) is 4.00. The van der Waals surface area contributed by atoms with Crippen LogP contribution in [0.4, 0.5) is 0 Å². The third-order valence-electron chi connectivity index (χ3n) is 5.06. The van der Waals surface area contributed by atoms with Crippen LogP contribution < -0.4 is 0 Å². The van der Waals surface area contributed by atoms with E-state index in [1.807, 2.05) is 28.7 Å². The van der Waals surface area contributed by atoms with Crippen molar-refractivity contribution in [3.63, 3.8) is 0 Å². The summed E-state index contributed by atoms with van der Waals surface area (Å²) in [5.74, 6) is 1.20. The van der Waals surface area contributed by atoms with Crippen LogP contribution in [0, 0.1) is 6.92 Å². The Bertz CT molecular complexity index is 949. The second-order valence-corrected chi connectivity index (χ2v) is 8.87. The Kier molecular flexibility index (Phi) is 6.51. The van der Waals surface area contributed by atoms with E-state index in [0.29, 0.717) is 13.0 Å². The van der Waals surface area contributed by atoms with Crippen LogP contribution >= 0.6 is 23.1 Å². The summed E-state index contributed by atoms with van der Waals surface area (Å²) in [5, 5.41) is 2.72. The summed E-state index contributed by atoms with van der Waals surface area (Å²) in [5.41, 5.74) is 5.94. The zero-order valence-corrected chi connectivity index (χ0v) is 18.0. The number of aryl methyl sites for hydroxylation is 1. The molecule has 1 aliphatic heterocycles. The van der Waals surface area contributed by atoms with E-state index in [1.54, 1.807) is 23.5 Å². The molecule has 0 saturated carbocycles. The Morgan fingerprint density at radius 1 is 1.34 bits per heavy atom. The number of thioether (sulfide) groups is 1. The van der Waals surface area contributed by atoms with E-state index in [9.17, 15) is 4.79 Å². The topological polar surface area (TPSA) is 71.9 Å². The van der Waals surface area contributed by atoms with Gasteiger partial charge in [0.25, 0.3) is 0 Å². The predicted octanol–water partition coefficient (Wildman–Crippen LogP) is 3.88. The number of amides is 1. The number of rotatable bonds is 6. The van der Waals surface area contributed by atoms with Crippen LogP contribution in [0.1, 0.15) is 41.3 Å². The second-order valence-electron chi connectivity index (χ2n) is 7.21. The first-order valence-corrected chi connectivity index (χ1v) is 11.6. The van der Waals surface area contributed by atoms with Crippen molar-refractivity contribution in [3.05, 3.63) is 64.1 Å². The zero-order chi connectivity index (χ0) is 20.1. The van der Waals surface area contributed by atoms with Gasteiger partial charge in [0.2, 0.25) is 5.91 Å². The molecule has 1 unspecified atom stereocenters. The first kappa shape index (κ1) is 20.0. The minimum Gasteiger partial charge on any atom is -0.342 e. The van der Waals surface area contributed by atoms with E-state index in [0.717, 1.165) is 52.8 Å². The van der Waals surface area contributed by atoms with Crippen molar-refractivity contribution >= 4 is 29.0 Å². The molecular weight excluding hydrogens is 402 g/mol. The number of piperidine rings is 1. The summed E-state index contributed by atoms with van der Waals surface area (Å²) < 4.78 is 0. The van der Waals surface area contributed by atoms with Crippen LogP contribution in [-0.2, 0) is 17.0 Å². The molecule has 0 aromatic carbocycles. The van der Waals surface area contributed by atoms with Crippen molar-refractivity contribution in [2.45, 2.75) is 43.0 Å². The number of aromatic nitrogens is 4. The number of thiazole rings is 1. The molecule has 3 aromatic heterocycles. The number of pyridine rings is 1. The fraction of sp³-hybridized carbons (Fsp3) is 0.381. The van der Waals surface area contributed by atoms with Crippen LogP contribution in [0.3, 0.4) is 0 Å². The lowest BCUT2D eigenvalue weighted by Crippen LogP contribution is -2.40. The normalized spacial score (nSPS) is 16.7. The maximum Gasteiger partial charge on any atom is 0.228 e. The van der Waals surface area contributed by atoms with Crippen molar-refractivity contribution in [2.75, 3.05) is 13.1 Å². The highest BCUT2D eigenvalue weighted by Gasteiger charge is 2.27. The number of hydrogen-bond donors (Lipinski definition) is 0. The number of carbonyl (C=O) groups is 1. The lowest BCUT2D eigenvalue weighted by Gasteiger charge is -2.33. The predicted molar refractivity (Wildman–Crippen MR) is 115 cm³/mol. The fourth-order valence-electron chi connectivity index (χ4n) is 3.57. The van der Waals surface area contributed by atoms with E-state index >= 15 is 0 Å². The van der Waals surface area contributed by atoms with Crippen molar-refractivity contribution in [1.82, 2.24) is 24.8 Å². The molecule has 1 atom stereocenters. The van der Waals surface area contributed by atoms with Crippen molar-refractivity contribution in [1.29, 1.82) is 0 Å². The van der Waals surface area contributed by atoms with Gasteiger partial charge in [-0.2, -0.15) is 0 Å². The lowest BCUT2D eigenvalue weighted by atomic mass is 9.92. The fourth-order valence-corrected chi connectivity index (χ4v) is 4.89. The monoisotopic (exact) mass is 425 g/mol. The molecule has 6 nitrogen and oxygen atoms in total. The minimum absolute atomic E-state index is 0.151. The maximum absolute atomic E-state index is 12.7. The molecule has 0 aliphatic carbocycles. The molecule has 0 spiro atoms. The molecular formula is C21H23N5OS2. The average molecular weight is 426 g/mol. The van der Waals surface area contributed by atoms with E-state index < -0.39 is 0 Å². The van der Waals surface area contributed by atoms with Gasteiger partial charge < -0.3 is 4.90 Å². The smallest absolute Gasteiger partial charge is 0.228 e. The van der Waals surface area contributed by atoms with Gasteiger partial charge in [-0.25, -0.2) is 15.0 Å². The summed E-state index contributed by atoms with van der Waals surface area (Å²) in [7, 11) is 0. The summed E-state index contributed by atoms with van der Waals surface area (Å²) >= 11 is 3.15. The van der Waals surface area contributed by atoms with E-state index in [1.165, 1.54) is 11.3 Å². The SMILES string of the molecule is Cc1cnc(SCc2cccnc2)nc1C1CCCN(C(=O)Cc2cscn2)C1. The largest absolute Gasteiger partial charge is 0.342 e. The highest BCUT2D eigenvalue weighted by molar-refractivity contribution is 7.98. The number of carbonyl (C=O) groups excluding carboxylic acids is 1. The molecule has 0 bridgehead atoms. The molecule has 4 heterocycles. The highest BCUT2D eigenvalue weighted by Crippen LogP contribution is 2.30. The van der Waals surface area contributed by atoms with Crippen molar-refractivity contribution in [3.8, 4) is 0 Å². The Labute approximate surface area is 178 Å². The van der Waals surface area contributed by atoms with Crippen LogP contribution in [0.2, 0.25) is 0 Å². The van der Waals surface area contributed by atoms with Gasteiger partial charge in [0.1, 0.15) is 0 Å². The third kappa shape index (κ3) is 5.19. The van der Waals surface area contributed by atoms with E-state index in [-0.39, 0.29) is 11.8 Å². The molecule has 1 aliphatic rings. The molecule has 0 N–H and O–H groups in total. The molecule has 1 fully saturated rings. The van der Waals surface area contributed by atoms with E-state index in [2.05, 4.69) is 27.9 Å². The summed E-state index contributed by atoms with van der Waals surface area (Å²) in [4.78, 5) is 32.4. The Morgan fingerprint density at radius 3 is 3.07 bits per heavy atom. The van der Waals surface area contributed by atoms with Crippen LogP contribution in [0.15, 0.2) is 46.8 Å². The molecule has 150 valence electrons. The van der Waals surface area contributed by atoms with Gasteiger partial charge in [0.05, 0.1) is 23.3 Å². The van der Waals surface area contributed by atoms with Crippen LogP contribution in [0.5, 0.6) is 0 Å². The number of likely N-dealkylation sites (tertiary alicyclic amines) is 1. The van der Waals surface area contributed by atoms with Gasteiger partial charge in [-0.3, -0.25) is 9.78 Å². The molecule has 1 saturated heterocycles. The first-order chi connectivity index (χ1) is 14.2. The summed E-state index contributed by atoms with van der Waals surface area (Å²) in [6.45, 7) is 3.58. The van der Waals surface area contributed by atoms with Crippen LogP contribution in [0.25, 0.3) is 0 Å². The Morgan fingerprint density at radius 2 is 2.28 bits per heavy atom. The van der Waals surface area contributed by atoms with Crippen LogP contribution in [-0.4, -0.2) is 43.8 Å². The van der Waals surface area contributed by atoms with E-state index in [4.69, 9.17) is 4.98 Å². The molecule has 3 aromatic rings. The molecule has 8 heteroatoms. The highest BCUT2D eigenvalue weighted by atomic mass is 32.2. The second kappa shape index (κ2) is 9.45. The standard InChI is InChI=1S/C21H23N5OS2/c1-15-9-23-21(29-12-16-4-2-6-22-10-16)25-20(15)17-5-3-7-26(11-17)19(27)8-18-13-28-14-24-18/h2,4,6,9-10,13-14,17H,3,5,7-8,11-12H2,1H3. The molecule has 4 rings (SSSR count). The van der Waals surface area contributed by atoms with Gasteiger partial charge in [-0.15, -0.1) is 11.3 Å². The zero-order valence-electron chi connectivity index (χ0n) is 16.3. The quantitative estimate of drug-likeness (QED) is 0.441. The van der Waals surface area contributed by atoms with Gasteiger partial charge in [-0.1, -0.05) is 17.8 Å². The number of hydrogen-bond acceptors (Lipinski definition) is 7. The third-order valence-corrected chi connectivity index (χ3v) is 6.62. The van der Waals surface area contributed by atoms with Gasteiger partial charge in [-0.05, 0) is 37.0 Å². The molecule has 1 amide bonds. The number of nitrogens with zero attached hydrogens (tertiary/aromatic N) is 5. The van der Waals surface area contributed by atoms with Crippen molar-refractivity contribution in [2.24, 2.45) is 0 Å². The minimum atomic E-state index is 0.151. The first-order valence-electron chi connectivity index (χ1n) is 9.69. The maximum atomic E-state index is 12.7. The Balaban J connectivity index is 1.43. The van der Waals surface area contributed by atoms with Gasteiger partial charge in [0.15, 0.2) is 5.16 Å². The lowest BCUT2D eigenvalue weighted by molar-refractivity contribution is -0.131. The van der Waals surface area contributed by atoms with Gasteiger partial charge >= 0.3 is 0 Å². The molecule has 0 radical (unpaired) electrons. The van der Waals surface area contributed by atoms with Crippen molar-refractivity contribution < 1.29 is 4.79 Å². The molecule has 29 heavy (non-hydrogen) atoms. The summed E-state index contributed by atoms with van der Waals surface area (Å²) in [6.07, 6.45) is 7.98.